The largest absolute Gasteiger partial charge is 0.463 e. The van der Waals surface area contributed by atoms with Crippen molar-refractivity contribution in [3.8, 4) is 11.5 Å². The molecular weight excluding hydrogens is 302 g/mol. The number of amides is 2. The van der Waals surface area contributed by atoms with Crippen molar-refractivity contribution >= 4 is 28.3 Å². The van der Waals surface area contributed by atoms with Gasteiger partial charge >= 0.3 is 6.03 Å². The monoisotopic (exact) mass is 317 g/mol. The van der Waals surface area contributed by atoms with Crippen LogP contribution in [0.5, 0.6) is 0 Å². The van der Waals surface area contributed by atoms with Crippen LogP contribution in [0, 0.1) is 0 Å². The molecule has 0 aromatic carbocycles. The molecule has 0 aliphatic rings. The van der Waals surface area contributed by atoms with Crippen molar-refractivity contribution in [2.24, 2.45) is 5.73 Å². The molecule has 3 heterocycles. The summed E-state index contributed by atoms with van der Waals surface area (Å²) in [7, 11) is 0. The lowest BCUT2D eigenvalue weighted by atomic mass is 10.2. The number of aromatic amines is 1. The van der Waals surface area contributed by atoms with Crippen LogP contribution in [0.2, 0.25) is 0 Å². The molecule has 0 aliphatic heterocycles. The molecule has 3 aromatic heterocycles. The van der Waals surface area contributed by atoms with E-state index in [1.165, 1.54) is 16.2 Å². The van der Waals surface area contributed by atoms with E-state index in [9.17, 15) is 4.79 Å². The van der Waals surface area contributed by atoms with Crippen molar-refractivity contribution in [1.29, 1.82) is 0 Å². The first-order valence-electron chi connectivity index (χ1n) is 6.71. The highest BCUT2D eigenvalue weighted by molar-refractivity contribution is 7.15. The molecule has 3 rings (SSSR count). The molecule has 0 saturated heterocycles. The second-order valence-corrected chi connectivity index (χ2v) is 6.03. The highest BCUT2D eigenvalue weighted by Crippen LogP contribution is 2.33. The molecule has 0 unspecified atom stereocenters. The summed E-state index contributed by atoms with van der Waals surface area (Å²) in [5, 5.41) is 7.45. The SMILES string of the molecule is CC(C)c1cnc(N(C(N)=O)c2cc(-c3ccco3)[nH]n2)s1. The highest BCUT2D eigenvalue weighted by Gasteiger charge is 2.22. The Morgan fingerprint density at radius 2 is 2.32 bits per heavy atom. The Morgan fingerprint density at radius 1 is 1.50 bits per heavy atom. The molecule has 0 fully saturated rings. The third-order valence-electron chi connectivity index (χ3n) is 3.07. The Morgan fingerprint density at radius 3 is 2.91 bits per heavy atom. The molecule has 2 amide bonds. The second-order valence-electron chi connectivity index (χ2n) is 4.99. The maximum absolute atomic E-state index is 11.8. The zero-order valence-electron chi connectivity index (χ0n) is 12.1. The third-order valence-corrected chi connectivity index (χ3v) is 4.36. The summed E-state index contributed by atoms with van der Waals surface area (Å²) in [5.41, 5.74) is 6.15. The maximum Gasteiger partial charge on any atom is 0.327 e. The van der Waals surface area contributed by atoms with E-state index in [1.807, 2.05) is 0 Å². The van der Waals surface area contributed by atoms with Gasteiger partial charge in [-0.15, -0.1) is 11.3 Å². The van der Waals surface area contributed by atoms with Gasteiger partial charge in [0.05, 0.1) is 6.26 Å². The molecule has 0 saturated carbocycles. The number of primary amides is 1. The Kier molecular flexibility index (Phi) is 3.68. The molecule has 0 radical (unpaired) electrons. The van der Waals surface area contributed by atoms with Gasteiger partial charge in [0.1, 0.15) is 5.69 Å². The van der Waals surface area contributed by atoms with Gasteiger partial charge in [-0.1, -0.05) is 13.8 Å². The van der Waals surface area contributed by atoms with Gasteiger partial charge in [-0.25, -0.2) is 14.7 Å². The fraction of sp³-hybridized carbons (Fsp3) is 0.214. The van der Waals surface area contributed by atoms with E-state index in [0.29, 0.717) is 28.3 Å². The predicted octanol–water partition coefficient (Wildman–Crippen LogP) is 3.47. The summed E-state index contributed by atoms with van der Waals surface area (Å²) in [4.78, 5) is 18.4. The van der Waals surface area contributed by atoms with Crippen molar-refractivity contribution < 1.29 is 9.21 Å². The predicted molar refractivity (Wildman–Crippen MR) is 84.2 cm³/mol. The number of urea groups is 1. The quantitative estimate of drug-likeness (QED) is 0.769. The van der Waals surface area contributed by atoms with E-state index in [0.717, 1.165) is 4.88 Å². The summed E-state index contributed by atoms with van der Waals surface area (Å²) in [6, 6.07) is 4.63. The molecule has 0 spiro atoms. The van der Waals surface area contributed by atoms with Crippen LogP contribution in [0.1, 0.15) is 24.6 Å². The minimum Gasteiger partial charge on any atom is -0.463 e. The Hall–Kier alpha value is -2.61. The van der Waals surface area contributed by atoms with Crippen molar-refractivity contribution in [1.82, 2.24) is 15.2 Å². The van der Waals surface area contributed by atoms with E-state index in [4.69, 9.17) is 10.2 Å². The number of nitrogens with one attached hydrogen (secondary N) is 1. The van der Waals surface area contributed by atoms with Crippen molar-refractivity contribution in [3.63, 3.8) is 0 Å². The first kappa shape index (κ1) is 14.3. The number of rotatable bonds is 4. The maximum atomic E-state index is 11.8. The van der Waals surface area contributed by atoms with Gasteiger partial charge in [0.25, 0.3) is 0 Å². The molecule has 3 aromatic rings. The topological polar surface area (TPSA) is 101 Å². The summed E-state index contributed by atoms with van der Waals surface area (Å²) >= 11 is 1.42. The first-order valence-corrected chi connectivity index (χ1v) is 7.52. The van der Waals surface area contributed by atoms with Crippen LogP contribution < -0.4 is 10.6 Å². The van der Waals surface area contributed by atoms with Crippen LogP contribution in [-0.2, 0) is 0 Å². The number of anilines is 2. The van der Waals surface area contributed by atoms with E-state index >= 15 is 0 Å². The van der Waals surface area contributed by atoms with Crippen molar-refractivity contribution in [2.75, 3.05) is 4.90 Å². The smallest absolute Gasteiger partial charge is 0.327 e. The van der Waals surface area contributed by atoms with E-state index in [-0.39, 0.29) is 0 Å². The molecular formula is C14H15N5O2S. The lowest BCUT2D eigenvalue weighted by Crippen LogP contribution is -2.31. The van der Waals surface area contributed by atoms with Crippen molar-refractivity contribution in [2.45, 2.75) is 19.8 Å². The molecule has 7 nitrogen and oxygen atoms in total. The van der Waals surface area contributed by atoms with E-state index in [2.05, 4.69) is 29.0 Å². The van der Waals surface area contributed by atoms with Crippen LogP contribution in [0.4, 0.5) is 15.7 Å². The number of aromatic nitrogens is 3. The number of carbonyl (C=O) groups is 1. The van der Waals surface area contributed by atoms with Crippen LogP contribution in [0.3, 0.4) is 0 Å². The minimum absolute atomic E-state index is 0.332. The van der Waals surface area contributed by atoms with Gasteiger partial charge in [-0.2, -0.15) is 5.10 Å². The molecule has 8 heteroatoms. The normalized spacial score (nSPS) is 11.0. The van der Waals surface area contributed by atoms with Crippen molar-refractivity contribution in [3.05, 3.63) is 35.5 Å². The standard InChI is InChI=1S/C14H15N5O2S/c1-8(2)11-7-16-14(22-11)19(13(15)20)12-6-9(17-18-12)10-4-3-5-21-10/h3-8H,1-2H3,(H2,15,20)(H,17,18). The number of hydrogen-bond acceptors (Lipinski definition) is 5. The van der Waals surface area contributed by atoms with Gasteiger partial charge in [-0.3, -0.25) is 5.10 Å². The molecule has 114 valence electrons. The van der Waals surface area contributed by atoms with Crippen LogP contribution in [0.25, 0.3) is 11.5 Å². The molecule has 0 bridgehead atoms. The van der Waals surface area contributed by atoms with Gasteiger partial charge in [0.2, 0.25) is 0 Å². The van der Waals surface area contributed by atoms with Gasteiger partial charge in [-0.05, 0) is 18.1 Å². The van der Waals surface area contributed by atoms with Gasteiger partial charge < -0.3 is 10.2 Å². The second kappa shape index (κ2) is 5.64. The molecule has 3 N–H and O–H groups in total. The van der Waals surface area contributed by atoms with Gasteiger partial charge in [0.15, 0.2) is 16.7 Å². The molecule has 22 heavy (non-hydrogen) atoms. The summed E-state index contributed by atoms with van der Waals surface area (Å²) < 4.78 is 5.30. The number of H-pyrrole nitrogens is 1. The number of hydrogen-bond donors (Lipinski definition) is 2. The highest BCUT2D eigenvalue weighted by atomic mass is 32.1. The van der Waals surface area contributed by atoms with Crippen LogP contribution in [0.15, 0.2) is 35.1 Å². The Bertz CT molecular complexity index is 775. The molecule has 0 atom stereocenters. The first-order chi connectivity index (χ1) is 10.6. The zero-order chi connectivity index (χ0) is 15.7. The number of carbonyl (C=O) groups excluding carboxylic acids is 1. The van der Waals surface area contributed by atoms with Crippen LogP contribution >= 0.6 is 11.3 Å². The zero-order valence-corrected chi connectivity index (χ0v) is 12.9. The average Bonchev–Trinajstić information content (AvgIpc) is 3.20. The summed E-state index contributed by atoms with van der Waals surface area (Å²) in [6.45, 7) is 4.13. The summed E-state index contributed by atoms with van der Waals surface area (Å²) in [6.07, 6.45) is 3.32. The number of thiazole rings is 1. The lowest BCUT2D eigenvalue weighted by molar-refractivity contribution is 0.256. The van der Waals surface area contributed by atoms with Crippen LogP contribution in [-0.4, -0.2) is 21.2 Å². The Balaban J connectivity index is 1.96. The molecule has 0 aliphatic carbocycles. The fourth-order valence-electron chi connectivity index (χ4n) is 1.94. The number of furan rings is 1. The average molecular weight is 317 g/mol. The van der Waals surface area contributed by atoms with E-state index < -0.39 is 6.03 Å². The number of nitrogens with zero attached hydrogens (tertiary/aromatic N) is 3. The summed E-state index contributed by atoms with van der Waals surface area (Å²) in [5.74, 6) is 1.34. The Labute approximate surface area is 130 Å². The van der Waals surface area contributed by atoms with E-state index in [1.54, 1.807) is 30.7 Å². The third kappa shape index (κ3) is 2.60. The van der Waals surface area contributed by atoms with Gasteiger partial charge in [0, 0.05) is 17.1 Å². The lowest BCUT2D eigenvalue weighted by Gasteiger charge is -2.13. The minimum atomic E-state index is -0.637. The number of nitrogens with two attached hydrogens (primary N) is 1. The fourth-order valence-corrected chi connectivity index (χ4v) is 2.87.